The first kappa shape index (κ1) is 10.5. The van der Waals surface area contributed by atoms with Crippen LogP contribution in [0.1, 0.15) is 5.56 Å². The van der Waals surface area contributed by atoms with E-state index in [0.29, 0.717) is 5.56 Å². The molecule has 1 heterocycles. The number of pyridine rings is 1. The summed E-state index contributed by atoms with van der Waals surface area (Å²) in [5.41, 5.74) is 2.28. The molecule has 2 nitrogen and oxygen atoms in total. The summed E-state index contributed by atoms with van der Waals surface area (Å²) in [6.45, 7) is 0. The van der Waals surface area contributed by atoms with E-state index in [9.17, 15) is 0 Å². The maximum atomic E-state index is 9.10. The molecule has 2 heteroatoms. The third kappa shape index (κ3) is 1.72. The molecule has 0 fully saturated rings. The number of aromatic nitrogens is 1. The van der Waals surface area contributed by atoms with Gasteiger partial charge in [-0.2, -0.15) is 5.26 Å². The lowest BCUT2D eigenvalue weighted by Crippen LogP contribution is -1.88. The van der Waals surface area contributed by atoms with E-state index in [4.69, 9.17) is 5.26 Å². The number of benzene rings is 2. The second-order valence-electron chi connectivity index (χ2n) is 4.00. The zero-order chi connectivity index (χ0) is 12.4. The molecule has 18 heavy (non-hydrogen) atoms. The lowest BCUT2D eigenvalue weighted by atomic mass is 10.0. The second kappa shape index (κ2) is 4.31. The highest BCUT2D eigenvalue weighted by Gasteiger charge is 2.06. The average Bonchev–Trinajstić information content (AvgIpc) is 2.46. The molecule has 0 N–H and O–H groups in total. The van der Waals surface area contributed by atoms with Crippen molar-refractivity contribution in [1.82, 2.24) is 4.98 Å². The smallest absolute Gasteiger partial charge is 0.101 e. The Morgan fingerprint density at radius 3 is 2.94 bits per heavy atom. The third-order valence-corrected chi connectivity index (χ3v) is 2.89. The number of nitrogens with zero attached hydrogens (tertiary/aromatic N) is 2. The van der Waals surface area contributed by atoms with Gasteiger partial charge in [-0.1, -0.05) is 24.3 Å². The molecular formula is C16H9N2. The molecule has 1 radical (unpaired) electrons. The SMILES string of the molecule is N#Cc1cccnc1-c1ccc2cc[c]cc2c1. The summed E-state index contributed by atoms with van der Waals surface area (Å²) in [7, 11) is 0. The van der Waals surface area contributed by atoms with Gasteiger partial charge in [0.15, 0.2) is 0 Å². The normalized spacial score (nSPS) is 10.2. The first-order chi connectivity index (χ1) is 8.88. The Morgan fingerprint density at radius 2 is 2.06 bits per heavy atom. The molecule has 0 aliphatic rings. The highest BCUT2D eigenvalue weighted by Crippen LogP contribution is 2.24. The topological polar surface area (TPSA) is 36.7 Å². The van der Waals surface area contributed by atoms with Gasteiger partial charge in [-0.3, -0.25) is 4.98 Å². The summed E-state index contributed by atoms with van der Waals surface area (Å²) in [5.74, 6) is 0. The van der Waals surface area contributed by atoms with Crippen molar-refractivity contribution in [3.8, 4) is 17.3 Å². The monoisotopic (exact) mass is 229 g/mol. The maximum absolute atomic E-state index is 9.10. The minimum absolute atomic E-state index is 0.594. The van der Waals surface area contributed by atoms with Crippen LogP contribution in [0.4, 0.5) is 0 Å². The van der Waals surface area contributed by atoms with Crippen LogP contribution in [0.3, 0.4) is 0 Å². The standard InChI is InChI=1S/C16H9N2/c17-11-15-6-3-9-18-16(15)14-8-7-12-4-1-2-5-13(12)10-14/h1,3-10H. The Kier molecular flexibility index (Phi) is 2.51. The minimum atomic E-state index is 0.594. The van der Waals surface area contributed by atoms with Crippen molar-refractivity contribution < 1.29 is 0 Å². The Bertz CT molecular complexity index is 754. The van der Waals surface area contributed by atoms with Gasteiger partial charge in [-0.15, -0.1) is 0 Å². The van der Waals surface area contributed by atoms with E-state index >= 15 is 0 Å². The Balaban J connectivity index is 2.23. The van der Waals surface area contributed by atoms with Gasteiger partial charge in [0, 0.05) is 11.8 Å². The van der Waals surface area contributed by atoms with E-state index in [1.807, 2.05) is 36.4 Å². The first-order valence-electron chi connectivity index (χ1n) is 5.64. The van der Waals surface area contributed by atoms with Crippen molar-refractivity contribution >= 4 is 10.8 Å². The van der Waals surface area contributed by atoms with Gasteiger partial charge in [0.2, 0.25) is 0 Å². The van der Waals surface area contributed by atoms with Gasteiger partial charge in [0.1, 0.15) is 6.07 Å². The number of fused-ring (bicyclic) bond motifs is 1. The molecule has 0 atom stereocenters. The molecule has 0 aliphatic carbocycles. The third-order valence-electron chi connectivity index (χ3n) is 2.89. The molecule has 3 aromatic rings. The predicted octanol–water partition coefficient (Wildman–Crippen LogP) is 3.57. The molecule has 0 amide bonds. The maximum Gasteiger partial charge on any atom is 0.101 e. The molecule has 83 valence electrons. The van der Waals surface area contributed by atoms with Gasteiger partial charge in [0.05, 0.1) is 11.3 Å². The predicted molar refractivity (Wildman–Crippen MR) is 70.7 cm³/mol. The van der Waals surface area contributed by atoms with Crippen molar-refractivity contribution in [2.24, 2.45) is 0 Å². The van der Waals surface area contributed by atoms with E-state index in [1.165, 1.54) is 0 Å². The van der Waals surface area contributed by atoms with Crippen LogP contribution in [0.5, 0.6) is 0 Å². The fourth-order valence-electron chi connectivity index (χ4n) is 2.00. The van der Waals surface area contributed by atoms with Crippen LogP contribution in [0.15, 0.2) is 54.7 Å². The Labute approximate surface area is 105 Å². The van der Waals surface area contributed by atoms with Gasteiger partial charge < -0.3 is 0 Å². The van der Waals surface area contributed by atoms with Crippen LogP contribution in [-0.4, -0.2) is 4.98 Å². The van der Waals surface area contributed by atoms with Gasteiger partial charge >= 0.3 is 0 Å². The second-order valence-corrected chi connectivity index (χ2v) is 4.00. The summed E-state index contributed by atoms with van der Waals surface area (Å²) in [6, 6.07) is 20.7. The minimum Gasteiger partial charge on any atom is -0.255 e. The molecule has 0 saturated heterocycles. The fourth-order valence-corrected chi connectivity index (χ4v) is 2.00. The van der Waals surface area contributed by atoms with Crippen LogP contribution >= 0.6 is 0 Å². The number of hydrogen-bond acceptors (Lipinski definition) is 2. The lowest BCUT2D eigenvalue weighted by Gasteiger charge is -2.04. The number of rotatable bonds is 1. The fraction of sp³-hybridized carbons (Fsp3) is 0. The van der Waals surface area contributed by atoms with Crippen molar-refractivity contribution in [2.75, 3.05) is 0 Å². The molecule has 0 saturated carbocycles. The zero-order valence-electron chi connectivity index (χ0n) is 9.59. The number of hydrogen-bond donors (Lipinski definition) is 0. The highest BCUT2D eigenvalue weighted by atomic mass is 14.7. The van der Waals surface area contributed by atoms with Crippen LogP contribution in [0, 0.1) is 17.4 Å². The van der Waals surface area contributed by atoms with Crippen molar-refractivity contribution in [3.63, 3.8) is 0 Å². The Hall–Kier alpha value is -2.66. The van der Waals surface area contributed by atoms with Crippen LogP contribution in [-0.2, 0) is 0 Å². The highest BCUT2D eigenvalue weighted by molar-refractivity contribution is 5.87. The van der Waals surface area contributed by atoms with Gasteiger partial charge in [-0.25, -0.2) is 0 Å². The van der Waals surface area contributed by atoms with E-state index < -0.39 is 0 Å². The quantitative estimate of drug-likeness (QED) is 0.639. The van der Waals surface area contributed by atoms with Gasteiger partial charge in [0.25, 0.3) is 0 Å². The molecule has 0 aliphatic heterocycles. The molecule has 0 spiro atoms. The zero-order valence-corrected chi connectivity index (χ0v) is 9.59. The summed E-state index contributed by atoms with van der Waals surface area (Å²) >= 11 is 0. The van der Waals surface area contributed by atoms with Crippen LogP contribution in [0.2, 0.25) is 0 Å². The first-order valence-corrected chi connectivity index (χ1v) is 5.64. The number of nitriles is 1. The summed E-state index contributed by atoms with van der Waals surface area (Å²) in [4.78, 5) is 4.29. The summed E-state index contributed by atoms with van der Waals surface area (Å²) in [5, 5.41) is 11.4. The molecule has 2 aromatic carbocycles. The van der Waals surface area contributed by atoms with E-state index in [-0.39, 0.29) is 0 Å². The van der Waals surface area contributed by atoms with Crippen LogP contribution in [0.25, 0.3) is 22.0 Å². The Morgan fingerprint density at radius 1 is 1.11 bits per heavy atom. The van der Waals surface area contributed by atoms with Gasteiger partial charge in [-0.05, 0) is 41.1 Å². The summed E-state index contributed by atoms with van der Waals surface area (Å²) in [6.07, 6.45) is 1.71. The van der Waals surface area contributed by atoms with Crippen LogP contribution < -0.4 is 0 Å². The van der Waals surface area contributed by atoms with Crippen molar-refractivity contribution in [2.45, 2.75) is 0 Å². The van der Waals surface area contributed by atoms with E-state index in [0.717, 1.165) is 22.0 Å². The van der Waals surface area contributed by atoms with Crippen molar-refractivity contribution in [1.29, 1.82) is 5.26 Å². The molecule has 0 bridgehead atoms. The largest absolute Gasteiger partial charge is 0.255 e. The van der Waals surface area contributed by atoms with E-state index in [2.05, 4.69) is 17.1 Å². The molecule has 0 unspecified atom stereocenters. The molecule has 1 aromatic heterocycles. The van der Waals surface area contributed by atoms with E-state index in [1.54, 1.807) is 18.3 Å². The lowest BCUT2D eigenvalue weighted by molar-refractivity contribution is 1.30. The van der Waals surface area contributed by atoms with Crippen molar-refractivity contribution in [3.05, 3.63) is 66.4 Å². The molecular weight excluding hydrogens is 220 g/mol. The molecule has 3 rings (SSSR count). The summed E-state index contributed by atoms with van der Waals surface area (Å²) < 4.78 is 0. The average molecular weight is 229 g/mol.